The van der Waals surface area contributed by atoms with Crippen LogP contribution in [0.3, 0.4) is 0 Å². The molecule has 80 valence electrons. The zero-order valence-electron chi connectivity index (χ0n) is 8.38. The van der Waals surface area contributed by atoms with Gasteiger partial charge in [0.15, 0.2) is 0 Å². The Labute approximate surface area is 92.5 Å². The van der Waals surface area contributed by atoms with Gasteiger partial charge in [0.2, 0.25) is 0 Å². The molecule has 1 aliphatic rings. The Balaban J connectivity index is 2.47. The zero-order valence-corrected chi connectivity index (χ0v) is 8.38. The van der Waals surface area contributed by atoms with Gasteiger partial charge in [0.25, 0.3) is 11.8 Å². The molecule has 4 nitrogen and oxygen atoms in total. The van der Waals surface area contributed by atoms with Crippen molar-refractivity contribution >= 4 is 11.8 Å². The third-order valence-electron chi connectivity index (χ3n) is 2.50. The van der Waals surface area contributed by atoms with E-state index in [0.29, 0.717) is 11.1 Å². The largest absolute Gasteiger partial charge is 0.393 e. The van der Waals surface area contributed by atoms with E-state index in [2.05, 4.69) is 5.92 Å². The van der Waals surface area contributed by atoms with Crippen LogP contribution in [0.15, 0.2) is 24.3 Å². The van der Waals surface area contributed by atoms with Crippen LogP contribution in [-0.4, -0.2) is 34.5 Å². The maximum Gasteiger partial charge on any atom is 0.262 e. The molecule has 1 aliphatic heterocycles. The van der Waals surface area contributed by atoms with Gasteiger partial charge in [-0.2, -0.15) is 0 Å². The lowest BCUT2D eigenvalue weighted by molar-refractivity contribution is 0.0573. The Morgan fingerprint density at radius 1 is 1.25 bits per heavy atom. The van der Waals surface area contributed by atoms with Crippen LogP contribution in [0, 0.1) is 12.3 Å². The molecule has 0 aliphatic carbocycles. The number of fused-ring (bicyclic) bond motifs is 1. The van der Waals surface area contributed by atoms with Gasteiger partial charge in [-0.15, -0.1) is 6.42 Å². The van der Waals surface area contributed by atoms with Crippen molar-refractivity contribution < 1.29 is 14.7 Å². The summed E-state index contributed by atoms with van der Waals surface area (Å²) in [4.78, 5) is 24.7. The first-order valence-corrected chi connectivity index (χ1v) is 4.74. The van der Waals surface area contributed by atoms with Gasteiger partial charge in [0, 0.05) is 0 Å². The van der Waals surface area contributed by atoms with Crippen LogP contribution in [0.25, 0.3) is 0 Å². The minimum Gasteiger partial charge on any atom is -0.393 e. The summed E-state index contributed by atoms with van der Waals surface area (Å²) in [5.41, 5.74) is 0.669. The molecular weight excluding hydrogens is 206 g/mol. The number of hydrogen-bond acceptors (Lipinski definition) is 3. The molecule has 0 spiro atoms. The quantitative estimate of drug-likeness (QED) is 0.569. The van der Waals surface area contributed by atoms with E-state index in [-0.39, 0.29) is 0 Å². The number of carbonyl (C=O) groups is 2. The lowest BCUT2D eigenvalue weighted by Crippen LogP contribution is -2.41. The number of terminal acetylenes is 1. The van der Waals surface area contributed by atoms with E-state index in [0.717, 1.165) is 4.90 Å². The fourth-order valence-corrected chi connectivity index (χ4v) is 1.70. The van der Waals surface area contributed by atoms with Gasteiger partial charge >= 0.3 is 0 Å². The predicted octanol–water partition coefficient (Wildman–Crippen LogP) is 0.277. The van der Waals surface area contributed by atoms with Crippen molar-refractivity contribution in [3.05, 3.63) is 35.4 Å². The molecule has 0 bridgehead atoms. The van der Waals surface area contributed by atoms with E-state index < -0.39 is 24.5 Å². The molecule has 0 fully saturated rings. The monoisotopic (exact) mass is 215 g/mol. The molecule has 0 aromatic heterocycles. The second-order valence-corrected chi connectivity index (χ2v) is 3.39. The lowest BCUT2D eigenvalue weighted by atomic mass is 10.1. The van der Waals surface area contributed by atoms with Crippen LogP contribution in [0.2, 0.25) is 0 Å². The zero-order chi connectivity index (χ0) is 11.7. The van der Waals surface area contributed by atoms with Gasteiger partial charge in [0.05, 0.1) is 17.7 Å². The van der Waals surface area contributed by atoms with E-state index in [4.69, 9.17) is 11.5 Å². The van der Waals surface area contributed by atoms with Gasteiger partial charge in [0.1, 0.15) is 6.04 Å². The lowest BCUT2D eigenvalue weighted by Gasteiger charge is -2.18. The summed E-state index contributed by atoms with van der Waals surface area (Å²) in [5, 5.41) is 9.01. The Bertz CT molecular complexity index is 466. The average molecular weight is 215 g/mol. The van der Waals surface area contributed by atoms with E-state index in [9.17, 15) is 9.59 Å². The molecule has 0 saturated heterocycles. The molecule has 1 atom stereocenters. The first-order valence-electron chi connectivity index (χ1n) is 4.74. The minimum atomic E-state index is -0.896. The Morgan fingerprint density at radius 3 is 2.12 bits per heavy atom. The van der Waals surface area contributed by atoms with Crippen LogP contribution in [0.1, 0.15) is 20.7 Å². The molecular formula is C12H9NO3. The van der Waals surface area contributed by atoms with Gasteiger partial charge in [-0.3, -0.25) is 14.5 Å². The highest BCUT2D eigenvalue weighted by Gasteiger charge is 2.38. The summed E-state index contributed by atoms with van der Waals surface area (Å²) in [6.07, 6.45) is 5.17. The molecule has 4 heteroatoms. The molecule has 16 heavy (non-hydrogen) atoms. The van der Waals surface area contributed by atoms with Crippen LogP contribution >= 0.6 is 0 Å². The molecule has 1 aromatic rings. The van der Waals surface area contributed by atoms with Crippen LogP contribution in [0.4, 0.5) is 0 Å². The van der Waals surface area contributed by atoms with Crippen molar-refractivity contribution in [2.45, 2.75) is 6.04 Å². The first kappa shape index (κ1) is 10.4. The van der Waals surface area contributed by atoms with Crippen molar-refractivity contribution in [2.75, 3.05) is 6.61 Å². The molecule has 2 amide bonds. The number of aliphatic hydroxyl groups excluding tert-OH is 1. The van der Waals surface area contributed by atoms with Crippen molar-refractivity contribution in [1.29, 1.82) is 0 Å². The summed E-state index contributed by atoms with van der Waals surface area (Å²) in [5.74, 6) is 1.33. The third-order valence-corrected chi connectivity index (χ3v) is 2.50. The molecule has 0 saturated carbocycles. The number of amides is 2. The van der Waals surface area contributed by atoms with Gasteiger partial charge < -0.3 is 5.11 Å². The highest BCUT2D eigenvalue weighted by Crippen LogP contribution is 2.23. The molecule has 0 radical (unpaired) electrons. The molecule has 1 heterocycles. The van der Waals surface area contributed by atoms with E-state index in [1.165, 1.54) is 0 Å². The second kappa shape index (κ2) is 3.80. The minimum absolute atomic E-state index is 0.334. The number of carbonyl (C=O) groups excluding carboxylic acids is 2. The fourth-order valence-electron chi connectivity index (χ4n) is 1.70. The number of imide groups is 1. The molecule has 1 aromatic carbocycles. The Kier molecular flexibility index (Phi) is 2.47. The smallest absolute Gasteiger partial charge is 0.262 e. The molecule has 1 N–H and O–H groups in total. The molecule has 2 rings (SSSR count). The van der Waals surface area contributed by atoms with Crippen LogP contribution in [0.5, 0.6) is 0 Å². The predicted molar refractivity (Wildman–Crippen MR) is 56.6 cm³/mol. The summed E-state index contributed by atoms with van der Waals surface area (Å²) < 4.78 is 0. The van der Waals surface area contributed by atoms with E-state index in [1.54, 1.807) is 24.3 Å². The average Bonchev–Trinajstić information content (AvgIpc) is 2.57. The number of benzene rings is 1. The summed E-state index contributed by atoms with van der Waals surface area (Å²) in [7, 11) is 0. The SMILES string of the molecule is C#C[C@H](CO)N1C(=O)c2ccccc2C1=O. The van der Waals surface area contributed by atoms with E-state index >= 15 is 0 Å². The van der Waals surface area contributed by atoms with Gasteiger partial charge in [-0.25, -0.2) is 0 Å². The number of hydrogen-bond donors (Lipinski definition) is 1. The maximum absolute atomic E-state index is 11.9. The summed E-state index contributed by atoms with van der Waals surface area (Å²) in [6.45, 7) is -0.429. The summed E-state index contributed by atoms with van der Waals surface area (Å²) >= 11 is 0. The number of rotatable bonds is 2. The topological polar surface area (TPSA) is 57.6 Å². The highest BCUT2D eigenvalue weighted by molar-refractivity contribution is 6.21. The van der Waals surface area contributed by atoms with Crippen molar-refractivity contribution in [3.8, 4) is 12.3 Å². The standard InChI is InChI=1S/C12H9NO3/c1-2-8(7-14)13-11(15)9-5-3-4-6-10(9)12(13)16/h1,3-6,8,14H,7H2/t8-/m1/s1. The van der Waals surface area contributed by atoms with Gasteiger partial charge in [-0.05, 0) is 12.1 Å². The third kappa shape index (κ3) is 1.30. The van der Waals surface area contributed by atoms with Crippen molar-refractivity contribution in [3.63, 3.8) is 0 Å². The normalized spacial score (nSPS) is 15.9. The maximum atomic E-state index is 11.9. The fraction of sp³-hybridized carbons (Fsp3) is 0.167. The second-order valence-electron chi connectivity index (χ2n) is 3.39. The van der Waals surface area contributed by atoms with Gasteiger partial charge in [-0.1, -0.05) is 18.1 Å². The summed E-state index contributed by atoms with van der Waals surface area (Å²) in [6, 6.07) is 5.60. The first-order chi connectivity index (χ1) is 7.70. The molecule has 0 unspecified atom stereocenters. The van der Waals surface area contributed by atoms with Crippen molar-refractivity contribution in [1.82, 2.24) is 4.90 Å². The van der Waals surface area contributed by atoms with Crippen molar-refractivity contribution in [2.24, 2.45) is 0 Å². The highest BCUT2D eigenvalue weighted by atomic mass is 16.3. The Morgan fingerprint density at radius 2 is 1.75 bits per heavy atom. The van der Waals surface area contributed by atoms with Crippen LogP contribution in [-0.2, 0) is 0 Å². The van der Waals surface area contributed by atoms with E-state index in [1.807, 2.05) is 0 Å². The van der Waals surface area contributed by atoms with Crippen LogP contribution < -0.4 is 0 Å². The Hall–Kier alpha value is -2.12. The number of nitrogens with zero attached hydrogens (tertiary/aromatic N) is 1. The number of aliphatic hydroxyl groups is 1.